The van der Waals surface area contributed by atoms with Gasteiger partial charge >= 0.3 is 5.97 Å². The van der Waals surface area contributed by atoms with Crippen molar-refractivity contribution in [2.75, 3.05) is 26.4 Å². The van der Waals surface area contributed by atoms with Crippen LogP contribution in [0.1, 0.15) is 13.8 Å². The van der Waals surface area contributed by atoms with Crippen molar-refractivity contribution >= 4 is 5.97 Å². The zero-order chi connectivity index (χ0) is 10.6. The van der Waals surface area contributed by atoms with E-state index in [9.17, 15) is 4.79 Å². The van der Waals surface area contributed by atoms with Crippen LogP contribution in [0.3, 0.4) is 0 Å². The van der Waals surface area contributed by atoms with E-state index in [4.69, 9.17) is 14.6 Å². The molecule has 0 aromatic heterocycles. The molecule has 1 atom stereocenters. The highest BCUT2D eigenvalue weighted by molar-refractivity contribution is 5.78. The first-order valence-electron chi connectivity index (χ1n) is 4.76. The third-order valence-electron chi connectivity index (χ3n) is 2.25. The van der Waals surface area contributed by atoms with Crippen molar-refractivity contribution in [3.05, 3.63) is 0 Å². The fraction of sp³-hybridized carbons (Fsp3) is 0.889. The Balaban J connectivity index is 2.37. The lowest BCUT2D eigenvalue weighted by Gasteiger charge is -2.31. The van der Waals surface area contributed by atoms with Crippen LogP contribution in [0.5, 0.6) is 0 Å². The Morgan fingerprint density at radius 3 is 2.71 bits per heavy atom. The number of carboxylic acid groups (broad SMARTS) is 1. The zero-order valence-electron chi connectivity index (χ0n) is 8.58. The first kappa shape index (κ1) is 11.4. The van der Waals surface area contributed by atoms with Crippen LogP contribution in [0.15, 0.2) is 0 Å². The SMILES string of the molecule is CCNC(C)(COC1COC1)C(=O)O. The summed E-state index contributed by atoms with van der Waals surface area (Å²) < 4.78 is 10.3. The molecule has 0 radical (unpaired) electrons. The Kier molecular flexibility index (Phi) is 3.86. The van der Waals surface area contributed by atoms with Gasteiger partial charge in [0, 0.05) is 0 Å². The van der Waals surface area contributed by atoms with Gasteiger partial charge in [-0.05, 0) is 13.5 Å². The number of nitrogens with one attached hydrogen (secondary N) is 1. The van der Waals surface area contributed by atoms with Crippen LogP contribution >= 0.6 is 0 Å². The predicted octanol–water partition coefficient (Wildman–Crippen LogP) is -0.145. The standard InChI is InChI=1S/C9H17NO4/c1-3-10-9(2,8(11)12)6-14-7-4-13-5-7/h7,10H,3-6H2,1-2H3,(H,11,12). The summed E-state index contributed by atoms with van der Waals surface area (Å²) in [6.07, 6.45) is 0.0623. The van der Waals surface area contributed by atoms with E-state index in [1.807, 2.05) is 6.92 Å². The second kappa shape index (κ2) is 4.72. The summed E-state index contributed by atoms with van der Waals surface area (Å²) in [6, 6.07) is 0. The van der Waals surface area contributed by atoms with Crippen molar-refractivity contribution < 1.29 is 19.4 Å². The molecular formula is C9H17NO4. The van der Waals surface area contributed by atoms with Crippen molar-refractivity contribution in [3.63, 3.8) is 0 Å². The minimum Gasteiger partial charge on any atom is -0.480 e. The molecule has 0 bridgehead atoms. The van der Waals surface area contributed by atoms with Crippen molar-refractivity contribution in [2.24, 2.45) is 0 Å². The van der Waals surface area contributed by atoms with Gasteiger partial charge in [0.05, 0.1) is 19.8 Å². The maximum atomic E-state index is 11.0. The molecule has 14 heavy (non-hydrogen) atoms. The van der Waals surface area contributed by atoms with E-state index in [0.717, 1.165) is 0 Å². The van der Waals surface area contributed by atoms with E-state index in [2.05, 4.69) is 5.32 Å². The maximum absolute atomic E-state index is 11.0. The lowest BCUT2D eigenvalue weighted by molar-refractivity contribution is -0.160. The summed E-state index contributed by atoms with van der Waals surface area (Å²) in [5.74, 6) is -0.889. The minimum absolute atomic E-state index is 0.0623. The summed E-state index contributed by atoms with van der Waals surface area (Å²) >= 11 is 0. The topological polar surface area (TPSA) is 67.8 Å². The Morgan fingerprint density at radius 2 is 2.36 bits per heavy atom. The van der Waals surface area contributed by atoms with Crippen LogP contribution in [0.2, 0.25) is 0 Å². The zero-order valence-corrected chi connectivity index (χ0v) is 8.58. The molecule has 2 N–H and O–H groups in total. The van der Waals surface area contributed by atoms with Gasteiger partial charge in [0.25, 0.3) is 0 Å². The molecule has 1 unspecified atom stereocenters. The smallest absolute Gasteiger partial charge is 0.326 e. The van der Waals surface area contributed by atoms with E-state index in [1.165, 1.54) is 0 Å². The lowest BCUT2D eigenvalue weighted by atomic mass is 10.0. The van der Waals surface area contributed by atoms with E-state index in [0.29, 0.717) is 19.8 Å². The molecule has 1 aliphatic rings. The molecule has 0 aromatic rings. The molecule has 5 heteroatoms. The highest BCUT2D eigenvalue weighted by Gasteiger charge is 2.34. The number of likely N-dealkylation sites (N-methyl/N-ethyl adjacent to an activating group) is 1. The van der Waals surface area contributed by atoms with Crippen LogP contribution in [-0.4, -0.2) is 49.1 Å². The average Bonchev–Trinajstić information content (AvgIpc) is 2.01. The number of rotatable bonds is 6. The molecule has 1 fully saturated rings. The van der Waals surface area contributed by atoms with Crippen molar-refractivity contribution in [1.29, 1.82) is 0 Å². The van der Waals surface area contributed by atoms with Crippen molar-refractivity contribution in [3.8, 4) is 0 Å². The number of carbonyl (C=O) groups is 1. The van der Waals surface area contributed by atoms with Crippen LogP contribution in [0, 0.1) is 0 Å². The molecule has 1 saturated heterocycles. The fourth-order valence-corrected chi connectivity index (χ4v) is 1.17. The normalized spacial score (nSPS) is 21.3. The highest BCUT2D eigenvalue weighted by Crippen LogP contribution is 2.11. The summed E-state index contributed by atoms with van der Waals surface area (Å²) in [4.78, 5) is 11.0. The van der Waals surface area contributed by atoms with Crippen LogP contribution in [0.25, 0.3) is 0 Å². The summed E-state index contributed by atoms with van der Waals surface area (Å²) in [7, 11) is 0. The summed E-state index contributed by atoms with van der Waals surface area (Å²) in [6.45, 7) is 5.41. The van der Waals surface area contributed by atoms with Crippen LogP contribution in [0.4, 0.5) is 0 Å². The van der Waals surface area contributed by atoms with Crippen molar-refractivity contribution in [2.45, 2.75) is 25.5 Å². The lowest BCUT2D eigenvalue weighted by Crippen LogP contribution is -2.54. The molecule has 0 amide bonds. The van der Waals surface area contributed by atoms with Gasteiger partial charge in [-0.25, -0.2) is 0 Å². The molecule has 0 aliphatic carbocycles. The molecule has 82 valence electrons. The molecule has 0 saturated carbocycles. The van der Waals surface area contributed by atoms with Crippen LogP contribution in [-0.2, 0) is 14.3 Å². The molecule has 0 aromatic carbocycles. The fourth-order valence-electron chi connectivity index (χ4n) is 1.17. The van der Waals surface area contributed by atoms with Crippen molar-refractivity contribution in [1.82, 2.24) is 5.32 Å². The predicted molar refractivity (Wildman–Crippen MR) is 50.3 cm³/mol. The van der Waals surface area contributed by atoms with Gasteiger partial charge < -0.3 is 19.9 Å². The second-order valence-corrected chi connectivity index (χ2v) is 3.64. The van der Waals surface area contributed by atoms with Gasteiger partial charge in [0.2, 0.25) is 0 Å². The minimum atomic E-state index is -0.996. The Morgan fingerprint density at radius 1 is 1.71 bits per heavy atom. The molecule has 0 spiro atoms. The number of ether oxygens (including phenoxy) is 2. The third kappa shape index (κ3) is 2.67. The molecule has 1 heterocycles. The first-order chi connectivity index (χ1) is 6.58. The third-order valence-corrected chi connectivity index (χ3v) is 2.25. The van der Waals surface area contributed by atoms with Gasteiger partial charge in [-0.1, -0.05) is 6.92 Å². The molecule has 1 rings (SSSR count). The van der Waals surface area contributed by atoms with Crippen LogP contribution < -0.4 is 5.32 Å². The highest BCUT2D eigenvalue weighted by atomic mass is 16.6. The molecular weight excluding hydrogens is 186 g/mol. The average molecular weight is 203 g/mol. The molecule has 1 aliphatic heterocycles. The Hall–Kier alpha value is -0.650. The monoisotopic (exact) mass is 203 g/mol. The van der Waals surface area contributed by atoms with E-state index in [1.54, 1.807) is 6.92 Å². The van der Waals surface area contributed by atoms with E-state index in [-0.39, 0.29) is 12.7 Å². The van der Waals surface area contributed by atoms with Gasteiger partial charge in [-0.2, -0.15) is 0 Å². The summed E-state index contributed by atoms with van der Waals surface area (Å²) in [5.41, 5.74) is -0.996. The number of aliphatic carboxylic acids is 1. The van der Waals surface area contributed by atoms with Gasteiger partial charge in [0.1, 0.15) is 11.6 Å². The van der Waals surface area contributed by atoms with Gasteiger partial charge in [-0.3, -0.25) is 4.79 Å². The Labute approximate surface area is 83.4 Å². The van der Waals surface area contributed by atoms with Gasteiger partial charge in [0.15, 0.2) is 0 Å². The largest absolute Gasteiger partial charge is 0.480 e. The number of hydrogen-bond donors (Lipinski definition) is 2. The number of carboxylic acids is 1. The molecule has 5 nitrogen and oxygen atoms in total. The van der Waals surface area contributed by atoms with Gasteiger partial charge in [-0.15, -0.1) is 0 Å². The Bertz CT molecular complexity index is 205. The second-order valence-electron chi connectivity index (χ2n) is 3.64. The number of hydrogen-bond acceptors (Lipinski definition) is 4. The first-order valence-corrected chi connectivity index (χ1v) is 4.76. The maximum Gasteiger partial charge on any atom is 0.326 e. The van der Waals surface area contributed by atoms with E-state index < -0.39 is 11.5 Å². The quantitative estimate of drug-likeness (QED) is 0.628. The summed E-state index contributed by atoms with van der Waals surface area (Å²) in [5, 5.41) is 11.9. The van der Waals surface area contributed by atoms with E-state index >= 15 is 0 Å².